The van der Waals surface area contributed by atoms with E-state index in [0.29, 0.717) is 5.69 Å². The number of nitrogens with one attached hydrogen (secondary N) is 1. The number of hydrogen-bond acceptors (Lipinski definition) is 3. The molecular formula is C14H15N3S. The van der Waals surface area contributed by atoms with Crippen LogP contribution in [0.3, 0.4) is 0 Å². The van der Waals surface area contributed by atoms with E-state index in [4.69, 9.17) is 11.1 Å². The van der Waals surface area contributed by atoms with Gasteiger partial charge in [-0.1, -0.05) is 23.9 Å². The van der Waals surface area contributed by atoms with Crippen LogP contribution in [0, 0.1) is 19.3 Å². The number of nitrogen functional groups attached to an aromatic ring is 1. The maximum Gasteiger partial charge on any atom is 0.142 e. The third kappa shape index (κ3) is 2.71. The lowest BCUT2D eigenvalue weighted by molar-refractivity contribution is 1.17. The van der Waals surface area contributed by atoms with Crippen molar-refractivity contribution in [2.24, 2.45) is 5.73 Å². The van der Waals surface area contributed by atoms with Crippen molar-refractivity contribution in [1.29, 1.82) is 5.41 Å². The number of aromatic nitrogens is 1. The molecule has 2 rings (SSSR count). The van der Waals surface area contributed by atoms with E-state index in [0.717, 1.165) is 4.90 Å². The fourth-order valence-corrected chi connectivity index (χ4v) is 2.73. The summed E-state index contributed by atoms with van der Waals surface area (Å²) >= 11 is 1.60. The van der Waals surface area contributed by atoms with E-state index < -0.39 is 0 Å². The first-order chi connectivity index (χ1) is 8.58. The molecule has 0 saturated carbocycles. The monoisotopic (exact) mass is 257 g/mol. The largest absolute Gasteiger partial charge is 0.382 e. The molecule has 0 spiro atoms. The van der Waals surface area contributed by atoms with Crippen LogP contribution in [0.2, 0.25) is 0 Å². The fourth-order valence-electron chi connectivity index (χ4n) is 1.61. The molecule has 4 heteroatoms. The summed E-state index contributed by atoms with van der Waals surface area (Å²) in [6.45, 7) is 4.14. The number of benzene rings is 1. The highest BCUT2D eigenvalue weighted by Crippen LogP contribution is 2.32. The van der Waals surface area contributed by atoms with Crippen LogP contribution < -0.4 is 5.73 Å². The standard InChI is InChI=1S/C14H15N3S/c1-9-5-6-10(2)12(8-9)18-11-4-3-7-17-13(11)14(15)16/h3-8H,1-2H3,(H3,15,16). The van der Waals surface area contributed by atoms with Gasteiger partial charge in [-0.15, -0.1) is 0 Å². The van der Waals surface area contributed by atoms with E-state index in [9.17, 15) is 0 Å². The van der Waals surface area contributed by atoms with E-state index >= 15 is 0 Å². The van der Waals surface area contributed by atoms with E-state index in [1.807, 2.05) is 12.1 Å². The SMILES string of the molecule is Cc1ccc(C)c(Sc2cccnc2C(=N)N)c1. The zero-order valence-corrected chi connectivity index (χ0v) is 11.2. The first-order valence-electron chi connectivity index (χ1n) is 5.62. The summed E-state index contributed by atoms with van der Waals surface area (Å²) in [4.78, 5) is 6.24. The van der Waals surface area contributed by atoms with Gasteiger partial charge in [0.25, 0.3) is 0 Å². The number of nitrogens with zero attached hydrogens (tertiary/aromatic N) is 1. The Bertz CT molecular complexity index is 593. The van der Waals surface area contributed by atoms with Crippen molar-refractivity contribution in [1.82, 2.24) is 4.98 Å². The highest BCUT2D eigenvalue weighted by Gasteiger charge is 2.09. The predicted molar refractivity (Wildman–Crippen MR) is 75.3 cm³/mol. The van der Waals surface area contributed by atoms with Crippen LogP contribution in [0.15, 0.2) is 46.3 Å². The van der Waals surface area contributed by atoms with E-state index in [-0.39, 0.29) is 5.84 Å². The number of nitrogens with two attached hydrogens (primary N) is 1. The van der Waals surface area contributed by atoms with Gasteiger partial charge in [-0.2, -0.15) is 0 Å². The lowest BCUT2D eigenvalue weighted by atomic mass is 10.2. The molecule has 0 radical (unpaired) electrons. The van der Waals surface area contributed by atoms with Gasteiger partial charge in [0, 0.05) is 16.0 Å². The van der Waals surface area contributed by atoms with Crippen molar-refractivity contribution >= 4 is 17.6 Å². The minimum absolute atomic E-state index is 0.00315. The molecule has 0 unspecified atom stereocenters. The molecule has 1 aromatic carbocycles. The quantitative estimate of drug-likeness (QED) is 0.656. The van der Waals surface area contributed by atoms with Crippen LogP contribution in [0.1, 0.15) is 16.8 Å². The Labute approximate surface area is 111 Å². The van der Waals surface area contributed by atoms with Gasteiger partial charge in [0.1, 0.15) is 11.5 Å². The third-order valence-corrected chi connectivity index (χ3v) is 3.80. The van der Waals surface area contributed by atoms with Gasteiger partial charge in [-0.25, -0.2) is 0 Å². The highest BCUT2D eigenvalue weighted by molar-refractivity contribution is 7.99. The first-order valence-corrected chi connectivity index (χ1v) is 6.44. The number of rotatable bonds is 3. The Kier molecular flexibility index (Phi) is 3.67. The Morgan fingerprint density at radius 2 is 2.00 bits per heavy atom. The van der Waals surface area contributed by atoms with Crippen LogP contribution in [-0.4, -0.2) is 10.8 Å². The molecule has 18 heavy (non-hydrogen) atoms. The second kappa shape index (κ2) is 5.23. The molecule has 92 valence electrons. The van der Waals surface area contributed by atoms with Crippen molar-refractivity contribution < 1.29 is 0 Å². The van der Waals surface area contributed by atoms with E-state index in [2.05, 4.69) is 37.0 Å². The molecule has 0 bridgehead atoms. The molecule has 0 fully saturated rings. The topological polar surface area (TPSA) is 62.8 Å². The number of aryl methyl sites for hydroxylation is 2. The second-order valence-corrected chi connectivity index (χ2v) is 5.22. The molecule has 0 aliphatic carbocycles. The summed E-state index contributed by atoms with van der Waals surface area (Å²) in [6, 6.07) is 10.1. The molecule has 0 atom stereocenters. The van der Waals surface area contributed by atoms with Crippen molar-refractivity contribution in [3.8, 4) is 0 Å². The Balaban J connectivity index is 2.40. The average Bonchev–Trinajstić information content (AvgIpc) is 2.34. The maximum absolute atomic E-state index is 7.54. The van der Waals surface area contributed by atoms with Gasteiger partial charge in [-0.05, 0) is 43.2 Å². The Morgan fingerprint density at radius 1 is 1.22 bits per heavy atom. The lowest BCUT2D eigenvalue weighted by Crippen LogP contribution is -2.14. The average molecular weight is 257 g/mol. The molecule has 0 aliphatic heterocycles. The molecule has 0 amide bonds. The number of amidine groups is 1. The fraction of sp³-hybridized carbons (Fsp3) is 0.143. The Hall–Kier alpha value is -1.81. The molecule has 1 aromatic heterocycles. The van der Waals surface area contributed by atoms with Crippen LogP contribution in [0.25, 0.3) is 0 Å². The van der Waals surface area contributed by atoms with Crippen LogP contribution in [-0.2, 0) is 0 Å². The van der Waals surface area contributed by atoms with Crippen molar-refractivity contribution in [2.75, 3.05) is 0 Å². The molecular weight excluding hydrogens is 242 g/mol. The minimum atomic E-state index is 0.00315. The molecule has 3 nitrogen and oxygen atoms in total. The predicted octanol–water partition coefficient (Wildman–Crippen LogP) is 3.13. The molecule has 2 aromatic rings. The molecule has 1 heterocycles. The van der Waals surface area contributed by atoms with Gasteiger partial charge < -0.3 is 5.73 Å². The van der Waals surface area contributed by atoms with Crippen LogP contribution in [0.4, 0.5) is 0 Å². The van der Waals surface area contributed by atoms with Gasteiger partial charge in [0.2, 0.25) is 0 Å². The second-order valence-electron chi connectivity index (χ2n) is 4.13. The van der Waals surface area contributed by atoms with Crippen molar-refractivity contribution in [3.05, 3.63) is 53.3 Å². The normalized spacial score (nSPS) is 10.3. The van der Waals surface area contributed by atoms with Gasteiger partial charge >= 0.3 is 0 Å². The molecule has 0 saturated heterocycles. The summed E-state index contributed by atoms with van der Waals surface area (Å²) in [5.41, 5.74) is 8.52. The summed E-state index contributed by atoms with van der Waals surface area (Å²) in [7, 11) is 0. The summed E-state index contributed by atoms with van der Waals surface area (Å²) in [6.07, 6.45) is 1.66. The maximum atomic E-state index is 7.54. The summed E-state index contributed by atoms with van der Waals surface area (Å²) in [5, 5.41) is 7.54. The van der Waals surface area contributed by atoms with E-state index in [1.165, 1.54) is 16.0 Å². The van der Waals surface area contributed by atoms with Crippen LogP contribution in [0.5, 0.6) is 0 Å². The van der Waals surface area contributed by atoms with Crippen molar-refractivity contribution in [2.45, 2.75) is 23.6 Å². The van der Waals surface area contributed by atoms with E-state index in [1.54, 1.807) is 18.0 Å². The van der Waals surface area contributed by atoms with Gasteiger partial charge in [0.15, 0.2) is 0 Å². The van der Waals surface area contributed by atoms with Crippen molar-refractivity contribution in [3.63, 3.8) is 0 Å². The van der Waals surface area contributed by atoms with Gasteiger partial charge in [-0.3, -0.25) is 10.4 Å². The first kappa shape index (κ1) is 12.6. The minimum Gasteiger partial charge on any atom is -0.382 e. The summed E-state index contributed by atoms with van der Waals surface area (Å²) in [5.74, 6) is 0.00315. The Morgan fingerprint density at radius 3 is 2.72 bits per heavy atom. The smallest absolute Gasteiger partial charge is 0.142 e. The molecule has 3 N–H and O–H groups in total. The third-order valence-electron chi connectivity index (χ3n) is 2.59. The number of pyridine rings is 1. The van der Waals surface area contributed by atoms with Crippen LogP contribution >= 0.6 is 11.8 Å². The highest BCUT2D eigenvalue weighted by atomic mass is 32.2. The van der Waals surface area contributed by atoms with Gasteiger partial charge in [0.05, 0.1) is 0 Å². The number of hydrogen-bond donors (Lipinski definition) is 2. The zero-order chi connectivity index (χ0) is 13.1. The summed E-state index contributed by atoms with van der Waals surface area (Å²) < 4.78 is 0. The zero-order valence-electron chi connectivity index (χ0n) is 10.4. The molecule has 0 aliphatic rings. The lowest BCUT2D eigenvalue weighted by Gasteiger charge is -2.09.